The maximum Gasteiger partial charge on any atom is 0.181 e. The lowest BCUT2D eigenvalue weighted by atomic mass is 9.99. The van der Waals surface area contributed by atoms with E-state index in [0.717, 1.165) is 55.2 Å². The first kappa shape index (κ1) is 26.9. The zero-order chi connectivity index (χ0) is 25.0. The fraction of sp³-hybridized carbons (Fsp3) is 0.394. The second kappa shape index (κ2) is 14.0. The van der Waals surface area contributed by atoms with Gasteiger partial charge in [-0.1, -0.05) is 102 Å². The number of benzene rings is 2. The van der Waals surface area contributed by atoms with Crippen LogP contribution in [0.4, 0.5) is 0 Å². The Balaban J connectivity index is 1.50. The van der Waals surface area contributed by atoms with Gasteiger partial charge in [0.2, 0.25) is 0 Å². The summed E-state index contributed by atoms with van der Waals surface area (Å²) in [5.74, 6) is 0. The minimum absolute atomic E-state index is 0.135. The van der Waals surface area contributed by atoms with Crippen molar-refractivity contribution in [3.63, 3.8) is 0 Å². The Labute approximate surface area is 213 Å². The molecule has 2 aromatic carbocycles. The molecule has 0 aromatic heterocycles. The van der Waals surface area contributed by atoms with Crippen molar-refractivity contribution in [2.75, 3.05) is 0 Å². The number of allylic oxidation sites excluding steroid dienone is 6. The van der Waals surface area contributed by atoms with Gasteiger partial charge in [0.25, 0.3) is 0 Å². The zero-order valence-electron chi connectivity index (χ0n) is 22.0. The van der Waals surface area contributed by atoms with Crippen LogP contribution in [-0.4, -0.2) is 6.29 Å². The van der Waals surface area contributed by atoms with Gasteiger partial charge in [-0.3, -0.25) is 0 Å². The van der Waals surface area contributed by atoms with Crippen molar-refractivity contribution >= 4 is 0 Å². The predicted molar refractivity (Wildman–Crippen MR) is 148 cm³/mol. The van der Waals surface area contributed by atoms with Crippen LogP contribution in [0.15, 0.2) is 108 Å². The topological polar surface area (TPSA) is 18.5 Å². The third-order valence-corrected chi connectivity index (χ3v) is 6.49. The molecule has 2 heteroatoms. The molecule has 1 aliphatic heterocycles. The van der Waals surface area contributed by atoms with Gasteiger partial charge in [-0.25, -0.2) is 0 Å². The Morgan fingerprint density at radius 1 is 0.657 bits per heavy atom. The fourth-order valence-electron chi connectivity index (χ4n) is 4.39. The summed E-state index contributed by atoms with van der Waals surface area (Å²) in [6, 6.07) is 20.7. The monoisotopic (exact) mass is 470 g/mol. The van der Waals surface area contributed by atoms with Gasteiger partial charge in [-0.15, -0.1) is 0 Å². The van der Waals surface area contributed by atoms with E-state index in [9.17, 15) is 0 Å². The van der Waals surface area contributed by atoms with Gasteiger partial charge >= 0.3 is 0 Å². The maximum atomic E-state index is 6.42. The minimum Gasteiger partial charge on any atom is -0.338 e. The Bertz CT molecular complexity index is 962. The summed E-state index contributed by atoms with van der Waals surface area (Å²) in [5, 5.41) is 0. The highest BCUT2D eigenvalue weighted by Crippen LogP contribution is 2.44. The van der Waals surface area contributed by atoms with Gasteiger partial charge < -0.3 is 9.47 Å². The SMILES string of the molecule is C=C(CCC=C(C)CCC=C(C)CCC=C(C)C)C1O[C@H](c2ccccc2)[C@@H](c2ccccc2)O1. The lowest BCUT2D eigenvalue weighted by Gasteiger charge is -2.17. The molecule has 35 heavy (non-hydrogen) atoms. The standard InChI is InChI=1S/C33H42O2/c1-25(2)15-12-16-26(3)17-13-18-27(4)19-14-20-28(5)33-34-31(29-21-8-6-9-22-29)32(35-33)30-23-10-7-11-24-30/h6-11,15,17,19,21-24,31-33H,5,12-14,16,18,20H2,1-4H3/t31-,32-/m1/s1. The van der Waals surface area contributed by atoms with Crippen molar-refractivity contribution in [1.82, 2.24) is 0 Å². The van der Waals surface area contributed by atoms with Crippen LogP contribution < -0.4 is 0 Å². The molecule has 1 heterocycles. The third kappa shape index (κ3) is 8.80. The van der Waals surface area contributed by atoms with E-state index >= 15 is 0 Å². The second-order valence-corrected chi connectivity index (χ2v) is 9.92. The van der Waals surface area contributed by atoms with Gasteiger partial charge in [-0.05, 0) is 82.9 Å². The average Bonchev–Trinajstić information content (AvgIpc) is 3.31. The number of hydrogen-bond acceptors (Lipinski definition) is 2. The van der Waals surface area contributed by atoms with Crippen molar-refractivity contribution < 1.29 is 9.47 Å². The first-order valence-corrected chi connectivity index (χ1v) is 13.0. The number of ether oxygens (including phenoxy) is 2. The van der Waals surface area contributed by atoms with Gasteiger partial charge in [0.05, 0.1) is 0 Å². The van der Waals surface area contributed by atoms with E-state index in [4.69, 9.17) is 9.47 Å². The van der Waals surface area contributed by atoms with E-state index in [1.54, 1.807) is 0 Å². The highest BCUT2D eigenvalue weighted by Gasteiger charge is 2.38. The molecular formula is C33H42O2. The molecule has 0 radical (unpaired) electrons. The average molecular weight is 471 g/mol. The van der Waals surface area contributed by atoms with E-state index in [2.05, 4.69) is 101 Å². The van der Waals surface area contributed by atoms with Crippen LogP contribution in [0.1, 0.15) is 89.6 Å². The lowest BCUT2D eigenvalue weighted by Crippen LogP contribution is -2.11. The summed E-state index contributed by atoms with van der Waals surface area (Å²) in [5.41, 5.74) is 7.60. The van der Waals surface area contributed by atoms with Gasteiger partial charge in [0.1, 0.15) is 12.2 Å². The molecular weight excluding hydrogens is 428 g/mol. The number of hydrogen-bond donors (Lipinski definition) is 0. The van der Waals surface area contributed by atoms with E-state index in [-0.39, 0.29) is 18.5 Å². The summed E-state index contributed by atoms with van der Waals surface area (Å²) in [6.07, 6.45) is 12.7. The van der Waals surface area contributed by atoms with E-state index in [1.165, 1.54) is 16.7 Å². The van der Waals surface area contributed by atoms with Crippen molar-refractivity contribution in [1.29, 1.82) is 0 Å². The molecule has 0 spiro atoms. The van der Waals surface area contributed by atoms with Gasteiger partial charge in [-0.2, -0.15) is 0 Å². The smallest absolute Gasteiger partial charge is 0.181 e. The van der Waals surface area contributed by atoms with Crippen LogP contribution in [0, 0.1) is 0 Å². The zero-order valence-corrected chi connectivity index (χ0v) is 22.0. The van der Waals surface area contributed by atoms with Crippen LogP contribution >= 0.6 is 0 Å². The molecule has 2 aromatic rings. The lowest BCUT2D eigenvalue weighted by molar-refractivity contribution is -0.0396. The third-order valence-electron chi connectivity index (χ3n) is 6.49. The maximum absolute atomic E-state index is 6.42. The van der Waals surface area contributed by atoms with E-state index in [1.807, 2.05) is 12.1 Å². The normalized spacial score (nSPS) is 19.1. The quantitative estimate of drug-likeness (QED) is 0.287. The highest BCUT2D eigenvalue weighted by atomic mass is 16.7. The summed E-state index contributed by atoms with van der Waals surface area (Å²) in [4.78, 5) is 0. The molecule has 1 saturated heterocycles. The molecule has 0 saturated carbocycles. The molecule has 0 bridgehead atoms. The summed E-state index contributed by atoms with van der Waals surface area (Å²) >= 11 is 0. The Hall–Kier alpha value is -2.68. The minimum atomic E-state index is -0.384. The molecule has 0 aliphatic carbocycles. The Morgan fingerprint density at radius 2 is 1.09 bits per heavy atom. The summed E-state index contributed by atoms with van der Waals surface area (Å²) < 4.78 is 12.8. The molecule has 2 atom stereocenters. The predicted octanol–water partition coefficient (Wildman–Crippen LogP) is 9.60. The summed E-state index contributed by atoms with van der Waals surface area (Å²) in [7, 11) is 0. The fourth-order valence-corrected chi connectivity index (χ4v) is 4.39. The molecule has 0 amide bonds. The van der Waals surface area contributed by atoms with Crippen molar-refractivity contribution in [2.45, 2.75) is 84.7 Å². The molecule has 186 valence electrons. The van der Waals surface area contributed by atoms with E-state index in [0.29, 0.717) is 0 Å². The molecule has 0 N–H and O–H groups in total. The van der Waals surface area contributed by atoms with Crippen LogP contribution in [-0.2, 0) is 9.47 Å². The molecule has 1 fully saturated rings. The van der Waals surface area contributed by atoms with Crippen LogP contribution in [0.25, 0.3) is 0 Å². The van der Waals surface area contributed by atoms with Gasteiger partial charge in [0, 0.05) is 0 Å². The first-order chi connectivity index (χ1) is 16.9. The second-order valence-electron chi connectivity index (χ2n) is 9.92. The highest BCUT2D eigenvalue weighted by molar-refractivity contribution is 5.27. The Morgan fingerprint density at radius 3 is 1.54 bits per heavy atom. The van der Waals surface area contributed by atoms with Crippen molar-refractivity contribution in [2.24, 2.45) is 0 Å². The molecule has 0 unspecified atom stereocenters. The Kier molecular flexibility index (Phi) is 10.8. The van der Waals surface area contributed by atoms with Gasteiger partial charge in [0.15, 0.2) is 6.29 Å². The molecule has 1 aliphatic rings. The number of rotatable bonds is 12. The van der Waals surface area contributed by atoms with Crippen LogP contribution in [0.2, 0.25) is 0 Å². The molecule has 2 nitrogen and oxygen atoms in total. The molecule has 3 rings (SSSR count). The first-order valence-electron chi connectivity index (χ1n) is 13.0. The largest absolute Gasteiger partial charge is 0.338 e. The summed E-state index contributed by atoms with van der Waals surface area (Å²) in [6.45, 7) is 13.1. The van der Waals surface area contributed by atoms with Crippen molar-refractivity contribution in [3.05, 3.63) is 119 Å². The van der Waals surface area contributed by atoms with Crippen LogP contribution in [0.5, 0.6) is 0 Å². The van der Waals surface area contributed by atoms with E-state index < -0.39 is 0 Å². The van der Waals surface area contributed by atoms with Crippen molar-refractivity contribution in [3.8, 4) is 0 Å². The van der Waals surface area contributed by atoms with Crippen LogP contribution in [0.3, 0.4) is 0 Å².